The molecular weight excluding hydrogens is 338 g/mol. The van der Waals surface area contributed by atoms with Gasteiger partial charge in [-0.2, -0.15) is 0 Å². The summed E-state index contributed by atoms with van der Waals surface area (Å²) in [6.07, 6.45) is 1.04. The van der Waals surface area contributed by atoms with E-state index < -0.39 is 17.7 Å². The van der Waals surface area contributed by atoms with Crippen LogP contribution >= 0.6 is 0 Å². The Balaban J connectivity index is 1.53. The molecule has 1 saturated heterocycles. The van der Waals surface area contributed by atoms with E-state index in [1.165, 1.54) is 6.07 Å². The summed E-state index contributed by atoms with van der Waals surface area (Å²) in [7, 11) is 0. The van der Waals surface area contributed by atoms with Gasteiger partial charge in [0.2, 0.25) is 0 Å². The standard InChI is InChI=1S/C20H24F2N2O2/c1-13(20(26)14-2-5-17(25)6-3-14)23-15-8-10-24(11-9-15)16-4-7-18(21)19(22)12-16/h2-7,12-13,15,20,23,25-26H,8-11H2,1H3/t13-,20-/m1/s1. The van der Waals surface area contributed by atoms with E-state index in [4.69, 9.17) is 0 Å². The number of hydrogen-bond donors (Lipinski definition) is 3. The second-order valence-corrected chi connectivity index (χ2v) is 6.85. The molecule has 0 spiro atoms. The average molecular weight is 362 g/mol. The molecule has 0 aromatic heterocycles. The number of phenols is 1. The maximum absolute atomic E-state index is 13.4. The van der Waals surface area contributed by atoms with E-state index in [0.29, 0.717) is 5.69 Å². The van der Waals surface area contributed by atoms with Gasteiger partial charge in [0.25, 0.3) is 0 Å². The molecule has 0 amide bonds. The highest BCUT2D eigenvalue weighted by Crippen LogP contribution is 2.24. The second kappa shape index (κ2) is 8.01. The predicted molar refractivity (Wildman–Crippen MR) is 97.3 cm³/mol. The molecule has 3 N–H and O–H groups in total. The van der Waals surface area contributed by atoms with E-state index in [1.54, 1.807) is 30.3 Å². The number of nitrogens with zero attached hydrogens (tertiary/aromatic N) is 1. The molecular formula is C20H24F2N2O2. The largest absolute Gasteiger partial charge is 0.508 e. The quantitative estimate of drug-likeness (QED) is 0.764. The number of nitrogens with one attached hydrogen (secondary N) is 1. The smallest absolute Gasteiger partial charge is 0.160 e. The summed E-state index contributed by atoms with van der Waals surface area (Å²) in [5.74, 6) is -1.48. The SMILES string of the molecule is C[C@@H](NC1CCN(c2ccc(F)c(F)c2)CC1)[C@@H](O)c1ccc(O)cc1. The minimum Gasteiger partial charge on any atom is -0.508 e. The number of phenolic OH excluding ortho intramolecular Hbond substituents is 1. The number of rotatable bonds is 5. The van der Waals surface area contributed by atoms with Crippen molar-refractivity contribution in [3.05, 3.63) is 59.7 Å². The number of hydrogen-bond acceptors (Lipinski definition) is 4. The number of aliphatic hydroxyl groups is 1. The molecule has 3 rings (SSSR count). The molecule has 0 saturated carbocycles. The third-order valence-electron chi connectivity index (χ3n) is 4.97. The number of anilines is 1. The molecule has 2 aromatic carbocycles. The fourth-order valence-corrected chi connectivity index (χ4v) is 3.41. The van der Waals surface area contributed by atoms with Crippen LogP contribution in [0.1, 0.15) is 31.4 Å². The normalized spacial score (nSPS) is 17.9. The zero-order valence-corrected chi connectivity index (χ0v) is 14.7. The van der Waals surface area contributed by atoms with E-state index in [0.717, 1.165) is 37.6 Å². The van der Waals surface area contributed by atoms with Crippen LogP contribution in [0.3, 0.4) is 0 Å². The van der Waals surface area contributed by atoms with Crippen molar-refractivity contribution in [2.75, 3.05) is 18.0 Å². The minimum atomic E-state index is -0.831. The van der Waals surface area contributed by atoms with E-state index in [-0.39, 0.29) is 17.8 Å². The molecule has 26 heavy (non-hydrogen) atoms. The molecule has 1 aliphatic heterocycles. The van der Waals surface area contributed by atoms with Crippen molar-refractivity contribution in [3.63, 3.8) is 0 Å². The van der Waals surface area contributed by atoms with Crippen molar-refractivity contribution in [1.29, 1.82) is 0 Å². The molecule has 0 unspecified atom stereocenters. The molecule has 0 bridgehead atoms. The minimum absolute atomic E-state index is 0.139. The van der Waals surface area contributed by atoms with Gasteiger partial charge in [0, 0.05) is 36.9 Å². The maximum Gasteiger partial charge on any atom is 0.160 e. The first kappa shape index (κ1) is 18.6. The van der Waals surface area contributed by atoms with Gasteiger partial charge in [0.05, 0.1) is 6.10 Å². The van der Waals surface area contributed by atoms with Crippen LogP contribution in [0.15, 0.2) is 42.5 Å². The lowest BCUT2D eigenvalue weighted by molar-refractivity contribution is 0.126. The predicted octanol–water partition coefficient (Wildman–Crippen LogP) is 3.35. The molecule has 4 nitrogen and oxygen atoms in total. The van der Waals surface area contributed by atoms with Crippen molar-refractivity contribution < 1.29 is 19.0 Å². The Morgan fingerprint density at radius 3 is 2.31 bits per heavy atom. The second-order valence-electron chi connectivity index (χ2n) is 6.85. The van der Waals surface area contributed by atoms with Crippen LogP contribution in [0, 0.1) is 11.6 Å². The fraction of sp³-hybridized carbons (Fsp3) is 0.400. The Labute approximate surface area is 152 Å². The van der Waals surface area contributed by atoms with Crippen LogP contribution in [-0.2, 0) is 0 Å². The summed E-state index contributed by atoms with van der Waals surface area (Å²) in [5, 5.41) is 23.3. The highest BCUT2D eigenvalue weighted by molar-refractivity contribution is 5.47. The molecule has 0 aliphatic carbocycles. The monoisotopic (exact) mass is 362 g/mol. The van der Waals surface area contributed by atoms with Crippen LogP contribution in [0.4, 0.5) is 14.5 Å². The lowest BCUT2D eigenvalue weighted by Crippen LogP contribution is -2.47. The lowest BCUT2D eigenvalue weighted by Gasteiger charge is -2.36. The number of halogens is 2. The molecule has 2 aromatic rings. The Morgan fingerprint density at radius 2 is 1.69 bits per heavy atom. The number of aromatic hydroxyl groups is 1. The van der Waals surface area contributed by atoms with E-state index in [9.17, 15) is 19.0 Å². The summed E-state index contributed by atoms with van der Waals surface area (Å²) in [4.78, 5) is 2.04. The summed E-state index contributed by atoms with van der Waals surface area (Å²) >= 11 is 0. The van der Waals surface area contributed by atoms with Gasteiger partial charge in [-0.05, 0) is 49.6 Å². The highest BCUT2D eigenvalue weighted by atomic mass is 19.2. The van der Waals surface area contributed by atoms with Gasteiger partial charge in [0.15, 0.2) is 11.6 Å². The Bertz CT molecular complexity index is 731. The lowest BCUT2D eigenvalue weighted by atomic mass is 9.99. The Morgan fingerprint density at radius 1 is 1.04 bits per heavy atom. The van der Waals surface area contributed by atoms with Crippen molar-refractivity contribution in [2.45, 2.75) is 38.0 Å². The van der Waals surface area contributed by atoms with Gasteiger partial charge >= 0.3 is 0 Å². The third kappa shape index (κ3) is 4.31. The van der Waals surface area contributed by atoms with Crippen LogP contribution in [0.2, 0.25) is 0 Å². The molecule has 140 valence electrons. The Kier molecular flexibility index (Phi) is 5.74. The molecule has 1 fully saturated rings. The van der Waals surface area contributed by atoms with E-state index in [1.807, 2.05) is 11.8 Å². The third-order valence-corrected chi connectivity index (χ3v) is 4.97. The molecule has 1 heterocycles. The first-order valence-corrected chi connectivity index (χ1v) is 8.87. The maximum atomic E-state index is 13.4. The molecule has 0 radical (unpaired) electrons. The fourth-order valence-electron chi connectivity index (χ4n) is 3.41. The number of piperidine rings is 1. The molecule has 2 atom stereocenters. The summed E-state index contributed by atoms with van der Waals surface area (Å²) in [5.41, 5.74) is 1.45. The zero-order chi connectivity index (χ0) is 18.7. The van der Waals surface area contributed by atoms with E-state index in [2.05, 4.69) is 5.32 Å². The first-order chi connectivity index (χ1) is 12.4. The molecule has 1 aliphatic rings. The molecule has 6 heteroatoms. The van der Waals surface area contributed by atoms with Crippen LogP contribution in [0.5, 0.6) is 5.75 Å². The van der Waals surface area contributed by atoms with Crippen LogP contribution < -0.4 is 10.2 Å². The van der Waals surface area contributed by atoms with Gasteiger partial charge in [-0.3, -0.25) is 0 Å². The summed E-state index contributed by atoms with van der Waals surface area (Å²) in [6, 6.07) is 10.7. The zero-order valence-electron chi connectivity index (χ0n) is 14.7. The first-order valence-electron chi connectivity index (χ1n) is 8.87. The van der Waals surface area contributed by atoms with Crippen molar-refractivity contribution in [2.24, 2.45) is 0 Å². The van der Waals surface area contributed by atoms with Gasteiger partial charge in [-0.1, -0.05) is 12.1 Å². The summed E-state index contributed by atoms with van der Waals surface area (Å²) < 4.78 is 26.5. The highest BCUT2D eigenvalue weighted by Gasteiger charge is 2.24. The number of aliphatic hydroxyl groups excluding tert-OH is 1. The topological polar surface area (TPSA) is 55.7 Å². The van der Waals surface area contributed by atoms with Gasteiger partial charge in [0.1, 0.15) is 5.75 Å². The van der Waals surface area contributed by atoms with Gasteiger partial charge in [-0.15, -0.1) is 0 Å². The van der Waals surface area contributed by atoms with Crippen molar-refractivity contribution in [1.82, 2.24) is 5.32 Å². The van der Waals surface area contributed by atoms with Crippen molar-refractivity contribution >= 4 is 5.69 Å². The van der Waals surface area contributed by atoms with Crippen LogP contribution in [0.25, 0.3) is 0 Å². The number of benzene rings is 2. The van der Waals surface area contributed by atoms with Gasteiger partial charge in [-0.25, -0.2) is 8.78 Å². The van der Waals surface area contributed by atoms with Crippen molar-refractivity contribution in [3.8, 4) is 5.75 Å². The van der Waals surface area contributed by atoms with E-state index >= 15 is 0 Å². The average Bonchev–Trinajstić information content (AvgIpc) is 2.64. The van der Waals surface area contributed by atoms with Gasteiger partial charge < -0.3 is 20.4 Å². The Hall–Kier alpha value is -2.18. The summed E-state index contributed by atoms with van der Waals surface area (Å²) in [6.45, 7) is 3.41. The van der Waals surface area contributed by atoms with Crippen LogP contribution in [-0.4, -0.2) is 35.4 Å².